The van der Waals surface area contributed by atoms with Crippen LogP contribution in [0.2, 0.25) is 5.28 Å². The molecular weight excluding hydrogens is 249 g/mol. The summed E-state index contributed by atoms with van der Waals surface area (Å²) in [6, 6.07) is -0.431. The van der Waals surface area contributed by atoms with Crippen LogP contribution in [-0.4, -0.2) is 38.4 Å². The molecule has 0 aliphatic heterocycles. The fourth-order valence-electron chi connectivity index (χ4n) is 1.94. The Morgan fingerprint density at radius 1 is 1.41 bits per heavy atom. The molecule has 3 atom stereocenters. The Morgan fingerprint density at radius 2 is 2.18 bits per heavy atom. The lowest BCUT2D eigenvalue weighted by Crippen LogP contribution is -2.45. The van der Waals surface area contributed by atoms with Crippen LogP contribution in [0.1, 0.15) is 19.3 Å². The van der Waals surface area contributed by atoms with E-state index >= 15 is 0 Å². The van der Waals surface area contributed by atoms with Crippen molar-refractivity contribution >= 4 is 17.4 Å². The highest BCUT2D eigenvalue weighted by Crippen LogP contribution is 2.23. The van der Waals surface area contributed by atoms with Gasteiger partial charge >= 0.3 is 0 Å². The topological polar surface area (TPSA) is 78.3 Å². The van der Waals surface area contributed by atoms with Gasteiger partial charge in [-0.25, -0.2) is 9.37 Å². The molecule has 0 aromatic carbocycles. The van der Waals surface area contributed by atoms with Crippen LogP contribution in [-0.2, 0) is 0 Å². The number of nitrogens with one attached hydrogen (secondary N) is 1. The number of anilines is 1. The first kappa shape index (κ1) is 12.5. The number of aromatic nitrogens is 2. The monoisotopic (exact) mass is 261 g/mol. The Kier molecular flexibility index (Phi) is 3.76. The Hall–Kier alpha value is -0.980. The van der Waals surface area contributed by atoms with Crippen LogP contribution in [0, 0.1) is 5.82 Å². The zero-order valence-electron chi connectivity index (χ0n) is 8.98. The largest absolute Gasteiger partial charge is 0.390 e. The van der Waals surface area contributed by atoms with Gasteiger partial charge in [-0.05, 0) is 30.9 Å². The first-order valence-corrected chi connectivity index (χ1v) is 5.76. The number of aliphatic hydroxyl groups excluding tert-OH is 2. The molecule has 1 fully saturated rings. The minimum Gasteiger partial charge on any atom is -0.390 e. The third-order valence-corrected chi connectivity index (χ3v) is 3.04. The summed E-state index contributed by atoms with van der Waals surface area (Å²) < 4.78 is 13.4. The van der Waals surface area contributed by atoms with Gasteiger partial charge in [0.2, 0.25) is 5.28 Å². The van der Waals surface area contributed by atoms with E-state index in [1.165, 1.54) is 0 Å². The minimum atomic E-state index is -0.933. The summed E-state index contributed by atoms with van der Waals surface area (Å²) in [5, 5.41) is 21.9. The zero-order valence-corrected chi connectivity index (χ0v) is 9.73. The molecule has 1 unspecified atom stereocenters. The fraction of sp³-hybridized carbons (Fsp3) is 0.600. The standard InChI is InChI=1S/C10H13ClFN3O2/c11-10-13-4-5(12)9(15-10)14-6-2-1-3-7(16)8(6)17/h4,6-8,16-17H,1-3H2,(H,13,14,15)/t6-,7+,8?/m0/s1. The average Bonchev–Trinajstić information content (AvgIpc) is 2.30. The van der Waals surface area contributed by atoms with E-state index in [-0.39, 0.29) is 11.1 Å². The quantitative estimate of drug-likeness (QED) is 0.691. The lowest BCUT2D eigenvalue weighted by Gasteiger charge is -2.32. The predicted octanol–water partition coefficient (Wildman–Crippen LogP) is 0.955. The number of hydrogen-bond acceptors (Lipinski definition) is 5. The molecule has 1 aromatic heterocycles. The maximum absolute atomic E-state index is 13.4. The molecule has 3 N–H and O–H groups in total. The SMILES string of the molecule is OC1[C@H](O)CCC[C@@H]1Nc1nc(Cl)ncc1F. The van der Waals surface area contributed by atoms with Gasteiger partial charge in [0.05, 0.1) is 24.4 Å². The van der Waals surface area contributed by atoms with Gasteiger partial charge in [0.1, 0.15) is 0 Å². The molecule has 1 aromatic rings. The summed E-state index contributed by atoms with van der Waals surface area (Å²) in [5.41, 5.74) is 0. The number of nitrogens with zero attached hydrogens (tertiary/aromatic N) is 2. The Labute approximate surface area is 103 Å². The van der Waals surface area contributed by atoms with Crippen LogP contribution in [0.3, 0.4) is 0 Å². The third kappa shape index (κ3) is 2.83. The molecule has 0 saturated heterocycles. The molecular formula is C10H13ClFN3O2. The highest BCUT2D eigenvalue weighted by Gasteiger charge is 2.31. The molecule has 1 heterocycles. The van der Waals surface area contributed by atoms with Gasteiger partial charge in [0.25, 0.3) is 0 Å². The molecule has 2 rings (SSSR count). The minimum absolute atomic E-state index is 0.0526. The third-order valence-electron chi connectivity index (χ3n) is 2.86. The first-order valence-electron chi connectivity index (χ1n) is 5.38. The molecule has 0 bridgehead atoms. The van der Waals surface area contributed by atoms with Crippen molar-refractivity contribution in [2.24, 2.45) is 0 Å². The second-order valence-electron chi connectivity index (χ2n) is 4.08. The summed E-state index contributed by atoms with van der Waals surface area (Å²) in [7, 11) is 0. The summed E-state index contributed by atoms with van der Waals surface area (Å²) in [6.45, 7) is 0. The molecule has 1 aliphatic rings. The van der Waals surface area contributed by atoms with Crippen molar-refractivity contribution < 1.29 is 14.6 Å². The summed E-state index contributed by atoms with van der Waals surface area (Å²) >= 11 is 5.56. The van der Waals surface area contributed by atoms with Crippen molar-refractivity contribution in [3.05, 3.63) is 17.3 Å². The molecule has 1 aliphatic carbocycles. The smallest absolute Gasteiger partial charge is 0.224 e. The van der Waals surface area contributed by atoms with E-state index in [1.807, 2.05) is 0 Å². The molecule has 0 radical (unpaired) electrons. The predicted molar refractivity (Wildman–Crippen MR) is 60.3 cm³/mol. The second-order valence-corrected chi connectivity index (χ2v) is 4.41. The van der Waals surface area contributed by atoms with Crippen LogP contribution in [0.25, 0.3) is 0 Å². The van der Waals surface area contributed by atoms with Crippen molar-refractivity contribution in [2.45, 2.75) is 37.5 Å². The molecule has 0 amide bonds. The molecule has 7 heteroatoms. The van der Waals surface area contributed by atoms with Crippen LogP contribution in [0.4, 0.5) is 10.2 Å². The van der Waals surface area contributed by atoms with Gasteiger partial charge in [-0.15, -0.1) is 0 Å². The maximum atomic E-state index is 13.4. The van der Waals surface area contributed by atoms with Crippen LogP contribution in [0.5, 0.6) is 0 Å². The first-order chi connectivity index (χ1) is 8.08. The number of halogens is 2. The molecule has 1 saturated carbocycles. The van der Waals surface area contributed by atoms with Gasteiger partial charge < -0.3 is 15.5 Å². The van der Waals surface area contributed by atoms with E-state index in [1.54, 1.807) is 0 Å². The summed E-state index contributed by atoms with van der Waals surface area (Å²) in [6.07, 6.45) is 1.18. The highest BCUT2D eigenvalue weighted by atomic mass is 35.5. The number of rotatable bonds is 2. The van der Waals surface area contributed by atoms with Crippen molar-refractivity contribution in [3.63, 3.8) is 0 Å². The second kappa shape index (κ2) is 5.12. The zero-order chi connectivity index (χ0) is 12.4. The maximum Gasteiger partial charge on any atom is 0.224 e. The molecule has 5 nitrogen and oxygen atoms in total. The Bertz CT molecular complexity index is 407. The summed E-state index contributed by atoms with van der Waals surface area (Å²) in [4.78, 5) is 7.20. The van der Waals surface area contributed by atoms with Crippen LogP contribution < -0.4 is 5.32 Å². The highest BCUT2D eigenvalue weighted by molar-refractivity contribution is 6.28. The van der Waals surface area contributed by atoms with E-state index in [0.717, 1.165) is 12.6 Å². The van der Waals surface area contributed by atoms with Gasteiger partial charge in [0, 0.05) is 0 Å². The van der Waals surface area contributed by atoms with Crippen LogP contribution in [0.15, 0.2) is 6.20 Å². The lowest BCUT2D eigenvalue weighted by atomic mass is 9.90. The van der Waals surface area contributed by atoms with Gasteiger partial charge in [-0.3, -0.25) is 0 Å². The normalized spacial score (nSPS) is 29.1. The van der Waals surface area contributed by atoms with E-state index in [2.05, 4.69) is 15.3 Å². The van der Waals surface area contributed by atoms with E-state index in [4.69, 9.17) is 11.6 Å². The average molecular weight is 262 g/mol. The molecule has 0 spiro atoms. The number of hydrogen-bond donors (Lipinski definition) is 3. The molecule has 17 heavy (non-hydrogen) atoms. The van der Waals surface area contributed by atoms with Crippen molar-refractivity contribution in [1.29, 1.82) is 0 Å². The van der Waals surface area contributed by atoms with Gasteiger partial charge in [0.15, 0.2) is 11.6 Å². The van der Waals surface area contributed by atoms with Gasteiger partial charge in [-0.1, -0.05) is 0 Å². The number of aliphatic hydroxyl groups is 2. The van der Waals surface area contributed by atoms with Crippen molar-refractivity contribution in [3.8, 4) is 0 Å². The lowest BCUT2D eigenvalue weighted by molar-refractivity contribution is -0.0162. The van der Waals surface area contributed by atoms with Crippen molar-refractivity contribution in [2.75, 3.05) is 5.32 Å². The van der Waals surface area contributed by atoms with Crippen molar-refractivity contribution in [1.82, 2.24) is 9.97 Å². The van der Waals surface area contributed by atoms with E-state index in [9.17, 15) is 14.6 Å². The summed E-state index contributed by atoms with van der Waals surface area (Å²) in [5.74, 6) is -0.690. The van der Waals surface area contributed by atoms with E-state index in [0.29, 0.717) is 12.8 Å². The Morgan fingerprint density at radius 3 is 2.94 bits per heavy atom. The van der Waals surface area contributed by atoms with E-state index < -0.39 is 24.1 Å². The fourth-order valence-corrected chi connectivity index (χ4v) is 2.07. The Balaban J connectivity index is 2.11. The van der Waals surface area contributed by atoms with Gasteiger partial charge in [-0.2, -0.15) is 4.98 Å². The van der Waals surface area contributed by atoms with Crippen LogP contribution >= 0.6 is 11.6 Å². The molecule has 94 valence electrons.